The second-order valence-corrected chi connectivity index (χ2v) is 4.07. The van der Waals surface area contributed by atoms with Crippen molar-refractivity contribution in [3.05, 3.63) is 39.6 Å². The van der Waals surface area contributed by atoms with Crippen LogP contribution in [0.4, 0.5) is 0 Å². The summed E-state index contributed by atoms with van der Waals surface area (Å²) < 4.78 is 1.05. The predicted molar refractivity (Wildman–Crippen MR) is 61.4 cm³/mol. The summed E-state index contributed by atoms with van der Waals surface area (Å²) in [6.45, 7) is 0. The summed E-state index contributed by atoms with van der Waals surface area (Å²) in [7, 11) is 0. The van der Waals surface area contributed by atoms with Gasteiger partial charge in [0.25, 0.3) is 0 Å². The van der Waals surface area contributed by atoms with Gasteiger partial charge in [0.05, 0.1) is 11.1 Å². The third-order valence-corrected chi connectivity index (χ3v) is 2.61. The largest absolute Gasteiger partial charge is 0.478 e. The zero-order valence-corrected chi connectivity index (χ0v) is 9.22. The fourth-order valence-electron chi connectivity index (χ4n) is 1.31. The fourth-order valence-corrected chi connectivity index (χ4v) is 1.78. The van der Waals surface area contributed by atoms with Crippen molar-refractivity contribution in [3.8, 4) is 0 Å². The molecule has 4 heteroatoms. The third-order valence-electron chi connectivity index (χ3n) is 1.94. The lowest BCUT2D eigenvalue weighted by atomic mass is 10.1. The van der Waals surface area contributed by atoms with E-state index in [1.54, 1.807) is 6.07 Å². The summed E-state index contributed by atoms with van der Waals surface area (Å²) in [4.78, 5) is 15.0. The van der Waals surface area contributed by atoms with Gasteiger partial charge in [-0.3, -0.25) is 4.98 Å². The van der Waals surface area contributed by atoms with Gasteiger partial charge < -0.3 is 5.11 Å². The lowest BCUT2D eigenvalue weighted by Gasteiger charge is -2.01. The molecule has 0 bridgehead atoms. The molecule has 0 radical (unpaired) electrons. The number of rotatable bonds is 1. The monoisotopic (exact) mass is 299 g/mol. The minimum Gasteiger partial charge on any atom is -0.478 e. The number of aromatic carboxylic acids is 1. The van der Waals surface area contributed by atoms with Gasteiger partial charge in [0.2, 0.25) is 0 Å². The maximum Gasteiger partial charge on any atom is 0.336 e. The van der Waals surface area contributed by atoms with Crippen LogP contribution in [-0.4, -0.2) is 16.1 Å². The molecule has 1 aromatic heterocycles. The van der Waals surface area contributed by atoms with Crippen LogP contribution in [0, 0.1) is 3.57 Å². The van der Waals surface area contributed by atoms with Crippen LogP contribution >= 0.6 is 22.6 Å². The number of benzene rings is 1. The van der Waals surface area contributed by atoms with Gasteiger partial charge in [-0.1, -0.05) is 6.07 Å². The van der Waals surface area contributed by atoms with Crippen molar-refractivity contribution in [1.29, 1.82) is 0 Å². The van der Waals surface area contributed by atoms with Gasteiger partial charge in [0.15, 0.2) is 0 Å². The highest BCUT2D eigenvalue weighted by Crippen LogP contribution is 2.18. The van der Waals surface area contributed by atoms with Gasteiger partial charge in [-0.15, -0.1) is 0 Å². The summed E-state index contributed by atoms with van der Waals surface area (Å²) in [6, 6.07) is 7.03. The van der Waals surface area contributed by atoms with Crippen LogP contribution in [0.2, 0.25) is 0 Å². The number of carboxylic acid groups (broad SMARTS) is 1. The predicted octanol–water partition coefficient (Wildman–Crippen LogP) is 2.54. The average molecular weight is 299 g/mol. The Kier molecular flexibility index (Phi) is 2.37. The summed E-state index contributed by atoms with van der Waals surface area (Å²) >= 11 is 2.17. The first-order chi connectivity index (χ1) is 6.68. The first-order valence-corrected chi connectivity index (χ1v) is 5.04. The molecule has 1 N–H and O–H groups in total. The summed E-state index contributed by atoms with van der Waals surface area (Å²) in [5, 5.41) is 9.60. The second kappa shape index (κ2) is 3.53. The molecule has 2 aromatic rings. The van der Waals surface area contributed by atoms with Crippen molar-refractivity contribution in [2.45, 2.75) is 0 Å². The summed E-state index contributed by atoms with van der Waals surface area (Å²) in [6.07, 6.45) is 1.52. The number of halogens is 1. The topological polar surface area (TPSA) is 50.2 Å². The van der Waals surface area contributed by atoms with E-state index in [0.717, 1.165) is 9.09 Å². The molecule has 1 heterocycles. The van der Waals surface area contributed by atoms with Crippen molar-refractivity contribution in [3.63, 3.8) is 0 Å². The molecule has 0 saturated carbocycles. The number of carboxylic acids is 1. The lowest BCUT2D eigenvalue weighted by Crippen LogP contribution is -1.98. The van der Waals surface area contributed by atoms with Gasteiger partial charge in [-0.25, -0.2) is 4.79 Å². The van der Waals surface area contributed by atoms with Crippen LogP contribution in [0.15, 0.2) is 30.5 Å². The average Bonchev–Trinajstić information content (AvgIpc) is 2.16. The molecule has 14 heavy (non-hydrogen) atoms. The standard InChI is InChI=1S/C10H6INO2/c11-6-1-2-7-8(10(13)14)3-4-12-9(7)5-6/h1-5H,(H,13,14). The third kappa shape index (κ3) is 1.57. The van der Waals surface area contributed by atoms with Crippen molar-refractivity contribution in [1.82, 2.24) is 4.98 Å². The molecule has 0 fully saturated rings. The Morgan fingerprint density at radius 1 is 1.36 bits per heavy atom. The molecule has 0 amide bonds. The van der Waals surface area contributed by atoms with Crippen LogP contribution in [0.1, 0.15) is 10.4 Å². The first-order valence-electron chi connectivity index (χ1n) is 3.96. The van der Waals surface area contributed by atoms with Gasteiger partial charge in [0.1, 0.15) is 0 Å². The Morgan fingerprint density at radius 3 is 2.86 bits per heavy atom. The highest BCUT2D eigenvalue weighted by atomic mass is 127. The summed E-state index contributed by atoms with van der Waals surface area (Å²) in [5.41, 5.74) is 1.02. The Balaban J connectivity index is 2.81. The zero-order valence-electron chi connectivity index (χ0n) is 7.07. The smallest absolute Gasteiger partial charge is 0.336 e. The number of hydrogen-bond acceptors (Lipinski definition) is 2. The van der Waals surface area contributed by atoms with Crippen molar-refractivity contribution in [2.75, 3.05) is 0 Å². The highest BCUT2D eigenvalue weighted by molar-refractivity contribution is 14.1. The number of nitrogens with zero attached hydrogens (tertiary/aromatic N) is 1. The summed E-state index contributed by atoms with van der Waals surface area (Å²) in [5.74, 6) is -0.918. The van der Waals surface area contributed by atoms with E-state index in [1.807, 2.05) is 12.1 Å². The molecule has 0 saturated heterocycles. The molecule has 1 aromatic carbocycles. The van der Waals surface area contributed by atoms with Crippen LogP contribution < -0.4 is 0 Å². The Hall–Kier alpha value is -1.17. The normalized spacial score (nSPS) is 10.4. The fraction of sp³-hybridized carbons (Fsp3) is 0. The van der Waals surface area contributed by atoms with Crippen molar-refractivity contribution in [2.24, 2.45) is 0 Å². The van der Waals surface area contributed by atoms with Crippen LogP contribution in [-0.2, 0) is 0 Å². The SMILES string of the molecule is O=C(O)c1ccnc2cc(I)ccc12. The van der Waals surface area contributed by atoms with E-state index in [9.17, 15) is 4.79 Å². The molecular formula is C10H6INO2. The Morgan fingerprint density at radius 2 is 2.14 bits per heavy atom. The molecule has 0 atom stereocenters. The molecular weight excluding hydrogens is 293 g/mol. The molecule has 2 rings (SSSR count). The van der Waals surface area contributed by atoms with Crippen LogP contribution in [0.25, 0.3) is 10.9 Å². The minimum absolute atomic E-state index is 0.298. The number of pyridine rings is 1. The van der Waals surface area contributed by atoms with E-state index in [-0.39, 0.29) is 0 Å². The number of hydrogen-bond donors (Lipinski definition) is 1. The molecule has 0 aliphatic carbocycles. The minimum atomic E-state index is -0.918. The molecule has 3 nitrogen and oxygen atoms in total. The maximum atomic E-state index is 10.9. The zero-order chi connectivity index (χ0) is 10.1. The van der Waals surface area contributed by atoms with E-state index in [1.165, 1.54) is 12.3 Å². The molecule has 0 aliphatic heterocycles. The number of carbonyl (C=O) groups is 1. The van der Waals surface area contributed by atoms with E-state index in [0.29, 0.717) is 10.9 Å². The van der Waals surface area contributed by atoms with Gasteiger partial charge >= 0.3 is 5.97 Å². The van der Waals surface area contributed by atoms with Gasteiger partial charge in [0, 0.05) is 15.2 Å². The first kappa shape index (κ1) is 9.39. The van der Waals surface area contributed by atoms with Gasteiger partial charge in [-0.05, 0) is 40.8 Å². The Bertz CT molecular complexity index is 510. The molecule has 0 spiro atoms. The van der Waals surface area contributed by atoms with E-state index >= 15 is 0 Å². The van der Waals surface area contributed by atoms with Gasteiger partial charge in [-0.2, -0.15) is 0 Å². The van der Waals surface area contributed by atoms with E-state index < -0.39 is 5.97 Å². The van der Waals surface area contributed by atoms with Crippen molar-refractivity contribution >= 4 is 39.5 Å². The molecule has 0 unspecified atom stereocenters. The molecule has 70 valence electrons. The Labute approximate surface area is 93.9 Å². The number of aromatic nitrogens is 1. The van der Waals surface area contributed by atoms with E-state index in [4.69, 9.17) is 5.11 Å². The second-order valence-electron chi connectivity index (χ2n) is 2.83. The quantitative estimate of drug-likeness (QED) is 0.823. The lowest BCUT2D eigenvalue weighted by molar-refractivity contribution is 0.0699. The van der Waals surface area contributed by atoms with Crippen LogP contribution in [0.3, 0.4) is 0 Å². The maximum absolute atomic E-state index is 10.9. The number of fused-ring (bicyclic) bond motifs is 1. The van der Waals surface area contributed by atoms with Crippen LogP contribution in [0.5, 0.6) is 0 Å². The highest BCUT2D eigenvalue weighted by Gasteiger charge is 2.08. The van der Waals surface area contributed by atoms with Crippen molar-refractivity contribution < 1.29 is 9.90 Å². The van der Waals surface area contributed by atoms with E-state index in [2.05, 4.69) is 27.6 Å². The molecule has 0 aliphatic rings.